The van der Waals surface area contributed by atoms with Crippen LogP contribution in [0.25, 0.3) is 38.9 Å². The molecule has 1 saturated carbocycles. The van der Waals surface area contributed by atoms with Crippen molar-refractivity contribution in [2.24, 2.45) is 5.73 Å². The van der Waals surface area contributed by atoms with E-state index in [0.717, 1.165) is 70.4 Å². The Morgan fingerprint density at radius 1 is 0.889 bits per heavy atom. The minimum atomic E-state index is -0.203. The maximum absolute atomic E-state index is 6.81. The van der Waals surface area contributed by atoms with Crippen LogP contribution in [-0.4, -0.2) is 19.6 Å². The molecule has 3 heterocycles. The van der Waals surface area contributed by atoms with Gasteiger partial charge in [0, 0.05) is 34.7 Å². The molecule has 2 N–H and O–H groups in total. The topological polar surface area (TPSA) is 69.1 Å². The number of rotatable bonds is 5. The zero-order chi connectivity index (χ0) is 23.8. The summed E-state index contributed by atoms with van der Waals surface area (Å²) in [5.74, 6) is 0.990. The van der Waals surface area contributed by atoms with Crippen LogP contribution in [0.5, 0.6) is 0 Å². The monoisotopic (exact) mass is 497 g/mol. The molecule has 0 spiro atoms. The highest BCUT2D eigenvalue weighted by Gasteiger charge is 2.29. The molecule has 0 atom stereocenters. The lowest BCUT2D eigenvalue weighted by molar-refractivity contribution is 0.302. The van der Waals surface area contributed by atoms with Crippen molar-refractivity contribution in [1.82, 2.24) is 19.6 Å². The molecule has 0 amide bonds. The third-order valence-corrected chi connectivity index (χ3v) is 7.48. The largest absolute Gasteiger partial charge is 0.321 e. The molecule has 1 fully saturated rings. The van der Waals surface area contributed by atoms with Crippen molar-refractivity contribution in [2.45, 2.75) is 57.4 Å². The molecule has 0 radical (unpaired) electrons. The van der Waals surface area contributed by atoms with Crippen LogP contribution in [0, 0.1) is 0 Å². The van der Waals surface area contributed by atoms with Gasteiger partial charge in [0.15, 0.2) is 5.65 Å². The molecule has 36 heavy (non-hydrogen) atoms. The molecule has 5 aromatic rings. The number of pyridine rings is 2. The first-order valence-corrected chi connectivity index (χ1v) is 12.8. The first-order valence-electron chi connectivity index (χ1n) is 12.8. The third kappa shape index (κ3) is 4.27. The van der Waals surface area contributed by atoms with Gasteiger partial charge in [-0.05, 0) is 42.5 Å². The molecule has 3 aromatic heterocycles. The number of aromatic nitrogens is 4. The summed E-state index contributed by atoms with van der Waals surface area (Å²) < 4.78 is 2.10. The van der Waals surface area contributed by atoms with Gasteiger partial charge in [0.1, 0.15) is 5.82 Å². The molecular weight excluding hydrogens is 466 g/mol. The Morgan fingerprint density at radius 2 is 1.64 bits per heavy atom. The summed E-state index contributed by atoms with van der Waals surface area (Å²) in [7, 11) is 0. The van der Waals surface area contributed by atoms with Crippen LogP contribution in [-0.2, 0) is 12.0 Å². The van der Waals surface area contributed by atoms with E-state index in [1.54, 1.807) is 0 Å². The van der Waals surface area contributed by atoms with Crippen molar-refractivity contribution in [1.29, 1.82) is 0 Å². The van der Waals surface area contributed by atoms with Crippen molar-refractivity contribution >= 4 is 29.0 Å². The molecule has 0 saturated heterocycles. The van der Waals surface area contributed by atoms with Crippen LogP contribution >= 0.6 is 12.4 Å². The van der Waals surface area contributed by atoms with E-state index in [2.05, 4.69) is 82.2 Å². The Bertz CT molecular complexity index is 1490. The number of hydrogen-bond donors (Lipinski definition) is 1. The first kappa shape index (κ1) is 24.4. The van der Waals surface area contributed by atoms with E-state index < -0.39 is 0 Å². The Kier molecular flexibility index (Phi) is 6.78. The molecule has 5 nitrogen and oxygen atoms in total. The lowest BCUT2D eigenvalue weighted by Crippen LogP contribution is -2.38. The van der Waals surface area contributed by atoms with Crippen LogP contribution in [0.15, 0.2) is 72.9 Å². The number of nitrogens with two attached hydrogens (primary N) is 1. The normalized spacial score (nSPS) is 15.2. The predicted molar refractivity (Wildman–Crippen MR) is 149 cm³/mol. The number of hydrogen-bond acceptors (Lipinski definition) is 4. The maximum atomic E-state index is 6.81. The summed E-state index contributed by atoms with van der Waals surface area (Å²) in [5.41, 5.74) is 13.9. The van der Waals surface area contributed by atoms with Gasteiger partial charge >= 0.3 is 0 Å². The van der Waals surface area contributed by atoms with E-state index in [1.807, 2.05) is 12.3 Å². The van der Waals surface area contributed by atoms with E-state index in [9.17, 15) is 0 Å². The molecular formula is C30H32ClN5. The van der Waals surface area contributed by atoms with Crippen LogP contribution in [0.2, 0.25) is 0 Å². The standard InChI is InChI=1S/C30H31N5.ClH/c1-2-9-27-33-34-29-25-20-24(21-10-5-3-6-11-21)28(32-26(25)16-19-35(27)29)22-12-14-23(15-13-22)30(31)17-7-4-8-18-30;/h3,5-6,10-16,19-20H,2,4,7-9,17-18,31H2,1H3;1H. The van der Waals surface area contributed by atoms with Gasteiger partial charge in [0.2, 0.25) is 0 Å². The summed E-state index contributed by atoms with van der Waals surface area (Å²) >= 11 is 0. The lowest BCUT2D eigenvalue weighted by Gasteiger charge is -2.34. The van der Waals surface area contributed by atoms with Gasteiger partial charge in [-0.3, -0.25) is 4.40 Å². The zero-order valence-electron chi connectivity index (χ0n) is 20.7. The van der Waals surface area contributed by atoms with E-state index in [4.69, 9.17) is 10.7 Å². The fraction of sp³-hybridized carbons (Fsp3) is 0.300. The number of aryl methyl sites for hydroxylation is 1. The van der Waals surface area contributed by atoms with Gasteiger partial charge in [0.05, 0.1) is 11.2 Å². The summed E-state index contributed by atoms with van der Waals surface area (Å²) in [6.45, 7) is 2.16. The lowest BCUT2D eigenvalue weighted by atomic mass is 9.77. The second-order valence-electron chi connectivity index (χ2n) is 9.85. The predicted octanol–water partition coefficient (Wildman–Crippen LogP) is 7.10. The second-order valence-corrected chi connectivity index (χ2v) is 9.85. The fourth-order valence-corrected chi connectivity index (χ4v) is 5.53. The summed E-state index contributed by atoms with van der Waals surface area (Å²) in [4.78, 5) is 5.17. The molecule has 0 unspecified atom stereocenters. The third-order valence-electron chi connectivity index (χ3n) is 7.48. The molecule has 1 aliphatic carbocycles. The van der Waals surface area contributed by atoms with E-state index >= 15 is 0 Å². The second kappa shape index (κ2) is 10.00. The van der Waals surface area contributed by atoms with Gasteiger partial charge in [-0.2, -0.15) is 0 Å². The molecule has 1 aliphatic rings. The van der Waals surface area contributed by atoms with Crippen molar-refractivity contribution in [3.8, 4) is 22.4 Å². The van der Waals surface area contributed by atoms with Crippen LogP contribution in [0.3, 0.4) is 0 Å². The number of benzene rings is 2. The van der Waals surface area contributed by atoms with Crippen LogP contribution in [0.1, 0.15) is 56.8 Å². The van der Waals surface area contributed by atoms with Gasteiger partial charge in [-0.25, -0.2) is 4.98 Å². The van der Waals surface area contributed by atoms with E-state index in [0.29, 0.717) is 0 Å². The van der Waals surface area contributed by atoms with Crippen LogP contribution in [0.4, 0.5) is 0 Å². The van der Waals surface area contributed by atoms with Crippen molar-refractivity contribution in [3.63, 3.8) is 0 Å². The number of nitrogens with zero attached hydrogens (tertiary/aromatic N) is 4. The maximum Gasteiger partial charge on any atom is 0.170 e. The Morgan fingerprint density at radius 3 is 2.36 bits per heavy atom. The van der Waals surface area contributed by atoms with Gasteiger partial charge in [-0.15, -0.1) is 22.6 Å². The Labute approximate surface area is 218 Å². The molecule has 6 heteroatoms. The van der Waals surface area contributed by atoms with Crippen molar-refractivity contribution in [2.75, 3.05) is 0 Å². The number of fused-ring (bicyclic) bond motifs is 3. The Hall–Kier alpha value is -3.28. The summed E-state index contributed by atoms with van der Waals surface area (Å²) in [6, 6.07) is 23.6. The van der Waals surface area contributed by atoms with E-state index in [-0.39, 0.29) is 17.9 Å². The highest BCUT2D eigenvalue weighted by Crippen LogP contribution is 2.38. The average molecular weight is 498 g/mol. The van der Waals surface area contributed by atoms with Crippen molar-refractivity contribution < 1.29 is 0 Å². The zero-order valence-corrected chi connectivity index (χ0v) is 21.5. The summed E-state index contributed by atoms with van der Waals surface area (Å²) in [6.07, 6.45) is 9.81. The minimum absolute atomic E-state index is 0. The highest BCUT2D eigenvalue weighted by atomic mass is 35.5. The molecule has 0 bridgehead atoms. The first-order chi connectivity index (χ1) is 17.2. The van der Waals surface area contributed by atoms with Crippen molar-refractivity contribution in [3.05, 3.63) is 84.3 Å². The van der Waals surface area contributed by atoms with Gasteiger partial charge in [-0.1, -0.05) is 80.8 Å². The van der Waals surface area contributed by atoms with Gasteiger partial charge < -0.3 is 5.73 Å². The highest BCUT2D eigenvalue weighted by molar-refractivity contribution is 5.98. The molecule has 6 rings (SSSR count). The smallest absolute Gasteiger partial charge is 0.170 e. The quantitative estimate of drug-likeness (QED) is 0.281. The van der Waals surface area contributed by atoms with Crippen LogP contribution < -0.4 is 5.73 Å². The SMILES string of the molecule is CCCc1nnc2c3cc(-c4ccccc4)c(-c4ccc(C5(N)CCCCC5)cc4)nc3ccn12.Cl. The van der Waals surface area contributed by atoms with E-state index in [1.165, 1.54) is 24.8 Å². The molecule has 184 valence electrons. The fourth-order valence-electron chi connectivity index (χ4n) is 5.53. The molecule has 0 aliphatic heterocycles. The summed E-state index contributed by atoms with van der Waals surface area (Å²) in [5, 5.41) is 10.0. The average Bonchev–Trinajstić information content (AvgIpc) is 3.32. The molecule has 2 aromatic carbocycles. The minimum Gasteiger partial charge on any atom is -0.321 e. The number of halogens is 1. The Balaban J connectivity index is 0.00000267. The van der Waals surface area contributed by atoms with Gasteiger partial charge in [0.25, 0.3) is 0 Å².